The van der Waals surface area contributed by atoms with Crippen molar-refractivity contribution in [1.82, 2.24) is 15.3 Å². The summed E-state index contributed by atoms with van der Waals surface area (Å²) in [5.41, 5.74) is 0.732. The highest BCUT2D eigenvalue weighted by atomic mass is 32.2. The number of nitrogens with zero attached hydrogens (tertiary/aromatic N) is 1. The molecule has 1 aromatic heterocycles. The molecule has 2 aromatic rings. The van der Waals surface area contributed by atoms with E-state index in [2.05, 4.69) is 15.3 Å². The number of amides is 1. The van der Waals surface area contributed by atoms with E-state index in [4.69, 9.17) is 4.74 Å². The summed E-state index contributed by atoms with van der Waals surface area (Å²) in [6.45, 7) is 3.86. The Labute approximate surface area is 145 Å². The third-order valence-corrected chi connectivity index (χ3v) is 4.73. The largest absolute Gasteiger partial charge is 0.481 e. The maximum atomic E-state index is 12.5. The second-order valence-corrected chi connectivity index (χ2v) is 6.44. The van der Waals surface area contributed by atoms with Gasteiger partial charge in [-0.05, 0) is 18.9 Å². The first-order chi connectivity index (χ1) is 11.5. The van der Waals surface area contributed by atoms with Gasteiger partial charge in [0.2, 0.25) is 11.8 Å². The zero-order valence-corrected chi connectivity index (χ0v) is 14.7. The van der Waals surface area contributed by atoms with E-state index in [1.54, 1.807) is 0 Å². The second-order valence-electron chi connectivity index (χ2n) is 5.25. The molecule has 1 heterocycles. The van der Waals surface area contributed by atoms with Crippen LogP contribution in [0.1, 0.15) is 31.9 Å². The standard InChI is InChI=1S/C17H21N3O3S/c1-4-13(24-17-19-14(21)10-15(20-17)23-3)16(22)18-11(2)12-8-6-5-7-9-12/h5-11,13H,4H2,1-3H3,(H,18,22)(H,19,20,21)/t11-,13-/m1/s1. The van der Waals surface area contributed by atoms with Crippen molar-refractivity contribution in [3.63, 3.8) is 0 Å². The van der Waals surface area contributed by atoms with Gasteiger partial charge in [-0.25, -0.2) is 0 Å². The number of carbonyl (C=O) groups excluding carboxylic acids is 1. The number of H-pyrrole nitrogens is 1. The number of hydrogen-bond acceptors (Lipinski definition) is 5. The average molecular weight is 347 g/mol. The molecule has 0 aliphatic heterocycles. The summed E-state index contributed by atoms with van der Waals surface area (Å²) >= 11 is 1.22. The Balaban J connectivity index is 2.06. The van der Waals surface area contributed by atoms with E-state index in [9.17, 15) is 9.59 Å². The molecule has 0 fully saturated rings. The number of thioether (sulfide) groups is 1. The minimum absolute atomic E-state index is 0.0920. The van der Waals surface area contributed by atoms with Gasteiger partial charge >= 0.3 is 0 Å². The van der Waals surface area contributed by atoms with Crippen LogP contribution in [0.15, 0.2) is 46.3 Å². The molecule has 2 atom stereocenters. The normalized spacial score (nSPS) is 13.1. The molecule has 24 heavy (non-hydrogen) atoms. The molecule has 1 aromatic carbocycles. The molecule has 2 rings (SSSR count). The van der Waals surface area contributed by atoms with Crippen molar-refractivity contribution >= 4 is 17.7 Å². The smallest absolute Gasteiger partial charge is 0.255 e. The van der Waals surface area contributed by atoms with E-state index >= 15 is 0 Å². The first-order valence-electron chi connectivity index (χ1n) is 7.70. The monoisotopic (exact) mass is 347 g/mol. The lowest BCUT2D eigenvalue weighted by Gasteiger charge is -2.19. The Hall–Kier alpha value is -2.28. The van der Waals surface area contributed by atoms with Crippen LogP contribution in [-0.2, 0) is 4.79 Å². The van der Waals surface area contributed by atoms with Gasteiger partial charge in [-0.2, -0.15) is 4.98 Å². The van der Waals surface area contributed by atoms with Crippen LogP contribution in [-0.4, -0.2) is 28.2 Å². The number of aromatic amines is 1. The summed E-state index contributed by atoms with van der Waals surface area (Å²) < 4.78 is 4.99. The highest BCUT2D eigenvalue weighted by Gasteiger charge is 2.21. The maximum Gasteiger partial charge on any atom is 0.255 e. The highest BCUT2D eigenvalue weighted by Crippen LogP contribution is 2.23. The number of carbonyl (C=O) groups is 1. The Morgan fingerprint density at radius 1 is 1.38 bits per heavy atom. The maximum absolute atomic E-state index is 12.5. The molecule has 1 amide bonds. The number of benzene rings is 1. The average Bonchev–Trinajstić information content (AvgIpc) is 2.59. The molecule has 0 bridgehead atoms. The summed E-state index contributed by atoms with van der Waals surface area (Å²) in [5, 5.41) is 3.01. The fourth-order valence-electron chi connectivity index (χ4n) is 2.16. The van der Waals surface area contributed by atoms with Crippen LogP contribution in [0.2, 0.25) is 0 Å². The van der Waals surface area contributed by atoms with Crippen LogP contribution in [0.25, 0.3) is 0 Å². The quantitative estimate of drug-likeness (QED) is 0.594. The molecule has 6 nitrogen and oxygen atoms in total. The van der Waals surface area contributed by atoms with Gasteiger partial charge in [-0.1, -0.05) is 49.0 Å². The predicted octanol–water partition coefficient (Wildman–Crippen LogP) is 2.53. The van der Waals surface area contributed by atoms with Gasteiger partial charge in [0, 0.05) is 0 Å². The van der Waals surface area contributed by atoms with E-state index in [0.717, 1.165) is 5.56 Å². The van der Waals surface area contributed by atoms with Crippen molar-refractivity contribution in [2.75, 3.05) is 7.11 Å². The lowest BCUT2D eigenvalue weighted by atomic mass is 10.1. The lowest BCUT2D eigenvalue weighted by Crippen LogP contribution is -2.34. The van der Waals surface area contributed by atoms with Crippen molar-refractivity contribution in [3.05, 3.63) is 52.3 Å². The Kier molecular flexibility index (Phi) is 6.43. The minimum atomic E-state index is -0.355. The Morgan fingerprint density at radius 2 is 2.08 bits per heavy atom. The van der Waals surface area contributed by atoms with E-state index in [1.807, 2.05) is 44.2 Å². The highest BCUT2D eigenvalue weighted by molar-refractivity contribution is 8.00. The first-order valence-corrected chi connectivity index (χ1v) is 8.58. The SMILES string of the molecule is CC[C@@H](Sc1nc(OC)cc(=O)[nH]1)C(=O)N[C@H](C)c1ccccc1. The Morgan fingerprint density at radius 3 is 2.71 bits per heavy atom. The van der Waals surface area contributed by atoms with Crippen LogP contribution in [0, 0.1) is 0 Å². The molecule has 0 unspecified atom stereocenters. The van der Waals surface area contributed by atoms with Crippen molar-refractivity contribution in [3.8, 4) is 5.88 Å². The van der Waals surface area contributed by atoms with E-state index in [0.29, 0.717) is 11.6 Å². The molecular weight excluding hydrogens is 326 g/mol. The van der Waals surface area contributed by atoms with Crippen molar-refractivity contribution in [1.29, 1.82) is 0 Å². The second kappa shape index (κ2) is 8.54. The number of aromatic nitrogens is 2. The molecule has 0 aliphatic carbocycles. The summed E-state index contributed by atoms with van der Waals surface area (Å²) in [6, 6.07) is 10.9. The van der Waals surface area contributed by atoms with Gasteiger partial charge in [0.25, 0.3) is 5.56 Å². The molecule has 0 saturated carbocycles. The molecule has 0 saturated heterocycles. The van der Waals surface area contributed by atoms with E-state index < -0.39 is 0 Å². The van der Waals surface area contributed by atoms with Crippen molar-refractivity contribution in [2.24, 2.45) is 0 Å². The fourth-order valence-corrected chi connectivity index (χ4v) is 3.08. The molecule has 0 radical (unpaired) electrons. The summed E-state index contributed by atoms with van der Waals surface area (Å²) in [6.07, 6.45) is 0.610. The van der Waals surface area contributed by atoms with Gasteiger partial charge < -0.3 is 15.0 Å². The van der Waals surface area contributed by atoms with Crippen LogP contribution in [0.4, 0.5) is 0 Å². The van der Waals surface area contributed by atoms with Crippen molar-refractivity contribution in [2.45, 2.75) is 36.7 Å². The minimum Gasteiger partial charge on any atom is -0.481 e. The number of methoxy groups -OCH3 is 1. The van der Waals surface area contributed by atoms with Crippen molar-refractivity contribution < 1.29 is 9.53 Å². The van der Waals surface area contributed by atoms with E-state index in [1.165, 1.54) is 24.9 Å². The number of rotatable bonds is 7. The number of ether oxygens (including phenoxy) is 1. The van der Waals surface area contributed by atoms with Crippen LogP contribution >= 0.6 is 11.8 Å². The molecule has 2 N–H and O–H groups in total. The third-order valence-electron chi connectivity index (χ3n) is 3.48. The lowest BCUT2D eigenvalue weighted by molar-refractivity contribution is -0.121. The van der Waals surface area contributed by atoms with Crippen LogP contribution in [0.3, 0.4) is 0 Å². The third kappa shape index (κ3) is 4.86. The van der Waals surface area contributed by atoms with E-state index in [-0.39, 0.29) is 28.6 Å². The molecule has 128 valence electrons. The Bertz CT molecular complexity index is 733. The number of hydrogen-bond donors (Lipinski definition) is 2. The molecule has 0 spiro atoms. The summed E-state index contributed by atoms with van der Waals surface area (Å²) in [7, 11) is 1.45. The fraction of sp³-hybridized carbons (Fsp3) is 0.353. The van der Waals surface area contributed by atoms with Gasteiger partial charge in [-0.15, -0.1) is 0 Å². The van der Waals surface area contributed by atoms with Gasteiger partial charge in [0.05, 0.1) is 24.5 Å². The molecule has 0 aliphatic rings. The van der Waals surface area contributed by atoms with Crippen LogP contribution in [0.5, 0.6) is 5.88 Å². The first kappa shape index (κ1) is 18.1. The number of nitrogens with one attached hydrogen (secondary N) is 2. The summed E-state index contributed by atoms with van der Waals surface area (Å²) in [4.78, 5) is 30.9. The van der Waals surface area contributed by atoms with Crippen LogP contribution < -0.4 is 15.6 Å². The topological polar surface area (TPSA) is 84.1 Å². The zero-order chi connectivity index (χ0) is 17.5. The zero-order valence-electron chi connectivity index (χ0n) is 13.9. The van der Waals surface area contributed by atoms with Gasteiger partial charge in [-0.3, -0.25) is 9.59 Å². The van der Waals surface area contributed by atoms with Gasteiger partial charge in [0.1, 0.15) is 0 Å². The van der Waals surface area contributed by atoms with Gasteiger partial charge in [0.15, 0.2) is 5.16 Å². The predicted molar refractivity (Wildman–Crippen MR) is 94.3 cm³/mol. The molecular formula is C17H21N3O3S. The summed E-state index contributed by atoms with van der Waals surface area (Å²) in [5.74, 6) is 0.137. The molecule has 7 heteroatoms.